The summed E-state index contributed by atoms with van der Waals surface area (Å²) >= 11 is 0. The molecule has 1 aliphatic heterocycles. The number of ether oxygens (including phenoxy) is 1. The van der Waals surface area contributed by atoms with E-state index in [1.54, 1.807) is 86.0 Å². The van der Waals surface area contributed by atoms with E-state index < -0.39 is 17.7 Å². The van der Waals surface area contributed by atoms with E-state index in [-0.39, 0.29) is 11.3 Å². The SMILES string of the molecule is COc1ccc(C2/C(=C(\O)c3ccccc3)C(=O)C(=O)N2c2ccc(C#N)cc2)cc1. The number of nitriles is 1. The summed E-state index contributed by atoms with van der Waals surface area (Å²) in [6, 6.07) is 23.2. The maximum atomic E-state index is 13.1. The van der Waals surface area contributed by atoms with Crippen molar-refractivity contribution in [1.29, 1.82) is 5.26 Å². The number of carbonyl (C=O) groups is 2. The van der Waals surface area contributed by atoms with Gasteiger partial charge in [0.1, 0.15) is 11.5 Å². The van der Waals surface area contributed by atoms with Crippen molar-refractivity contribution in [3.05, 3.63) is 101 Å². The quantitative estimate of drug-likeness (QED) is 0.396. The molecule has 1 heterocycles. The highest BCUT2D eigenvalue weighted by molar-refractivity contribution is 6.51. The molecular weight excluding hydrogens is 392 g/mol. The van der Waals surface area contributed by atoms with Crippen molar-refractivity contribution in [1.82, 2.24) is 0 Å². The van der Waals surface area contributed by atoms with Crippen LogP contribution in [0.1, 0.15) is 22.7 Å². The molecule has 0 radical (unpaired) electrons. The van der Waals surface area contributed by atoms with Gasteiger partial charge in [0.2, 0.25) is 0 Å². The maximum Gasteiger partial charge on any atom is 0.300 e. The minimum Gasteiger partial charge on any atom is -0.507 e. The molecule has 0 saturated carbocycles. The molecule has 0 spiro atoms. The van der Waals surface area contributed by atoms with Gasteiger partial charge >= 0.3 is 0 Å². The van der Waals surface area contributed by atoms with E-state index in [9.17, 15) is 14.7 Å². The molecule has 3 aromatic rings. The molecule has 4 rings (SSSR count). The number of hydrogen-bond donors (Lipinski definition) is 1. The summed E-state index contributed by atoms with van der Waals surface area (Å²) < 4.78 is 5.22. The van der Waals surface area contributed by atoms with Gasteiger partial charge < -0.3 is 9.84 Å². The second kappa shape index (κ2) is 8.17. The van der Waals surface area contributed by atoms with E-state index in [1.165, 1.54) is 4.90 Å². The number of methoxy groups -OCH3 is 1. The summed E-state index contributed by atoms with van der Waals surface area (Å²) in [5, 5.41) is 20.1. The number of anilines is 1. The van der Waals surface area contributed by atoms with E-state index in [4.69, 9.17) is 10.00 Å². The number of hydrogen-bond acceptors (Lipinski definition) is 5. The smallest absolute Gasteiger partial charge is 0.300 e. The molecule has 6 nitrogen and oxygen atoms in total. The van der Waals surface area contributed by atoms with Crippen LogP contribution in [0.5, 0.6) is 5.75 Å². The lowest BCUT2D eigenvalue weighted by atomic mass is 9.95. The number of ketones is 1. The number of aliphatic hydroxyl groups excluding tert-OH is 1. The average molecular weight is 410 g/mol. The fraction of sp³-hybridized carbons (Fsp3) is 0.0800. The van der Waals surface area contributed by atoms with Crippen molar-refractivity contribution < 1.29 is 19.4 Å². The van der Waals surface area contributed by atoms with Gasteiger partial charge in [-0.1, -0.05) is 42.5 Å². The lowest BCUT2D eigenvalue weighted by Crippen LogP contribution is -2.29. The summed E-state index contributed by atoms with van der Waals surface area (Å²) in [4.78, 5) is 27.4. The Balaban J connectivity index is 1.92. The fourth-order valence-electron chi connectivity index (χ4n) is 3.65. The first kappa shape index (κ1) is 19.9. The number of benzene rings is 3. The molecule has 1 fully saturated rings. The molecular formula is C25H18N2O4. The zero-order valence-corrected chi connectivity index (χ0v) is 16.6. The third-order valence-electron chi connectivity index (χ3n) is 5.20. The van der Waals surface area contributed by atoms with Crippen molar-refractivity contribution >= 4 is 23.1 Å². The fourth-order valence-corrected chi connectivity index (χ4v) is 3.65. The topological polar surface area (TPSA) is 90.6 Å². The Hall–Kier alpha value is -4.37. The molecule has 152 valence electrons. The largest absolute Gasteiger partial charge is 0.507 e. The second-order valence-electron chi connectivity index (χ2n) is 6.97. The van der Waals surface area contributed by atoms with Gasteiger partial charge in [-0.25, -0.2) is 0 Å². The minimum atomic E-state index is -0.834. The summed E-state index contributed by atoms with van der Waals surface area (Å²) in [6.07, 6.45) is 0. The number of amides is 1. The zero-order valence-electron chi connectivity index (χ0n) is 16.6. The average Bonchev–Trinajstić information content (AvgIpc) is 3.09. The van der Waals surface area contributed by atoms with Gasteiger partial charge in [0, 0.05) is 11.3 Å². The molecule has 0 aliphatic carbocycles. The van der Waals surface area contributed by atoms with Crippen molar-refractivity contribution in [2.75, 3.05) is 12.0 Å². The van der Waals surface area contributed by atoms with Gasteiger partial charge in [-0.3, -0.25) is 14.5 Å². The van der Waals surface area contributed by atoms with Crippen molar-refractivity contribution in [2.45, 2.75) is 6.04 Å². The zero-order chi connectivity index (χ0) is 22.0. The van der Waals surface area contributed by atoms with Crippen LogP contribution in [0.25, 0.3) is 5.76 Å². The van der Waals surface area contributed by atoms with Crippen LogP contribution in [0.2, 0.25) is 0 Å². The third-order valence-corrected chi connectivity index (χ3v) is 5.20. The molecule has 3 aromatic carbocycles. The van der Waals surface area contributed by atoms with E-state index in [0.717, 1.165) is 0 Å². The van der Waals surface area contributed by atoms with Crippen molar-refractivity contribution in [2.24, 2.45) is 0 Å². The summed E-state index contributed by atoms with van der Waals surface area (Å²) in [5.74, 6) is -1.13. The first-order valence-electron chi connectivity index (χ1n) is 9.55. The van der Waals surface area contributed by atoms with Gasteiger partial charge in [0.05, 0.1) is 30.4 Å². The minimum absolute atomic E-state index is 0.00530. The molecule has 1 unspecified atom stereocenters. The van der Waals surface area contributed by atoms with E-state index in [2.05, 4.69) is 0 Å². The van der Waals surface area contributed by atoms with Crippen molar-refractivity contribution in [3.8, 4) is 11.8 Å². The number of nitrogens with zero attached hydrogens (tertiary/aromatic N) is 2. The molecule has 1 saturated heterocycles. The molecule has 1 aliphatic rings. The first-order valence-corrected chi connectivity index (χ1v) is 9.55. The number of rotatable bonds is 4. The van der Waals surface area contributed by atoms with Crippen LogP contribution in [0.4, 0.5) is 5.69 Å². The molecule has 1 N–H and O–H groups in total. The summed E-state index contributed by atoms with van der Waals surface area (Å²) in [5.41, 5.74) is 1.98. The van der Waals surface area contributed by atoms with Crippen LogP contribution in [-0.2, 0) is 9.59 Å². The summed E-state index contributed by atoms with van der Waals surface area (Å²) in [6.45, 7) is 0. The maximum absolute atomic E-state index is 13.1. The lowest BCUT2D eigenvalue weighted by Gasteiger charge is -2.25. The predicted octanol–water partition coefficient (Wildman–Crippen LogP) is 4.19. The Morgan fingerprint density at radius 3 is 2.19 bits per heavy atom. The second-order valence-corrected chi connectivity index (χ2v) is 6.97. The Kier molecular flexibility index (Phi) is 5.25. The third kappa shape index (κ3) is 3.53. The standard InChI is InChI=1S/C25H18N2O4/c1-31-20-13-9-17(10-14-20)22-21(23(28)18-5-3-2-4-6-18)24(29)25(30)27(22)19-11-7-16(15-26)8-12-19/h2-14,22,28H,1H3/b23-21+. The number of carbonyl (C=O) groups excluding carboxylic acids is 2. The summed E-state index contributed by atoms with van der Waals surface area (Å²) in [7, 11) is 1.55. The van der Waals surface area contributed by atoms with Crippen LogP contribution < -0.4 is 9.64 Å². The molecule has 0 bridgehead atoms. The van der Waals surface area contributed by atoms with E-state index >= 15 is 0 Å². The highest BCUT2D eigenvalue weighted by Gasteiger charge is 2.46. The van der Waals surface area contributed by atoms with Crippen molar-refractivity contribution in [3.63, 3.8) is 0 Å². The van der Waals surface area contributed by atoms with Crippen LogP contribution in [0, 0.1) is 11.3 Å². The molecule has 31 heavy (non-hydrogen) atoms. The normalized spacial score (nSPS) is 17.4. The first-order chi connectivity index (χ1) is 15.0. The van der Waals surface area contributed by atoms with Crippen LogP contribution >= 0.6 is 0 Å². The van der Waals surface area contributed by atoms with Crippen LogP contribution in [0.15, 0.2) is 84.4 Å². The van der Waals surface area contributed by atoms with E-state index in [0.29, 0.717) is 28.1 Å². The Morgan fingerprint density at radius 1 is 0.968 bits per heavy atom. The molecule has 1 amide bonds. The lowest BCUT2D eigenvalue weighted by molar-refractivity contribution is -0.132. The van der Waals surface area contributed by atoms with E-state index in [1.807, 2.05) is 6.07 Å². The van der Waals surface area contributed by atoms with Gasteiger partial charge in [-0.05, 0) is 42.0 Å². The monoisotopic (exact) mass is 410 g/mol. The van der Waals surface area contributed by atoms with Crippen LogP contribution in [-0.4, -0.2) is 23.9 Å². The highest BCUT2D eigenvalue weighted by atomic mass is 16.5. The predicted molar refractivity (Wildman–Crippen MR) is 115 cm³/mol. The number of Topliss-reactive ketones (excluding diaryl/α,β-unsaturated/α-hetero) is 1. The Morgan fingerprint density at radius 2 is 1.61 bits per heavy atom. The molecule has 6 heteroatoms. The highest BCUT2D eigenvalue weighted by Crippen LogP contribution is 2.42. The van der Waals surface area contributed by atoms with Gasteiger partial charge in [0.15, 0.2) is 0 Å². The number of aliphatic hydroxyl groups is 1. The Bertz CT molecular complexity index is 1210. The Labute approximate surface area is 179 Å². The van der Waals surface area contributed by atoms with Gasteiger partial charge in [0.25, 0.3) is 11.7 Å². The molecule has 0 aromatic heterocycles. The van der Waals surface area contributed by atoms with Crippen LogP contribution in [0.3, 0.4) is 0 Å². The van der Waals surface area contributed by atoms with Gasteiger partial charge in [-0.15, -0.1) is 0 Å². The van der Waals surface area contributed by atoms with Gasteiger partial charge in [-0.2, -0.15) is 5.26 Å². The molecule has 1 atom stereocenters.